The largest absolute Gasteiger partial charge is 0.493 e. The van der Waals surface area contributed by atoms with Crippen LogP contribution in [-0.4, -0.2) is 13.7 Å². The standard InChI is InChI=1S/C15H17NOS/c1-16-14(12-7-9-18-10-12)13-6-2-4-11-5-3-8-17-15(11)13/h2,4,6-7,9-10,14,16H,3,5,8H2,1H3. The Balaban J connectivity index is 2.05. The molecule has 1 aromatic carbocycles. The van der Waals surface area contributed by atoms with Gasteiger partial charge in [-0.3, -0.25) is 0 Å². The van der Waals surface area contributed by atoms with Gasteiger partial charge in [-0.25, -0.2) is 0 Å². The van der Waals surface area contributed by atoms with Crippen molar-refractivity contribution >= 4 is 11.3 Å². The first-order chi connectivity index (χ1) is 8.90. The number of fused-ring (bicyclic) bond motifs is 1. The molecule has 1 aliphatic rings. The highest BCUT2D eigenvalue weighted by atomic mass is 32.1. The highest BCUT2D eigenvalue weighted by molar-refractivity contribution is 7.08. The molecular weight excluding hydrogens is 242 g/mol. The summed E-state index contributed by atoms with van der Waals surface area (Å²) in [5, 5.41) is 7.72. The van der Waals surface area contributed by atoms with E-state index in [9.17, 15) is 0 Å². The molecule has 0 fully saturated rings. The monoisotopic (exact) mass is 259 g/mol. The van der Waals surface area contributed by atoms with Crippen LogP contribution in [0, 0.1) is 0 Å². The van der Waals surface area contributed by atoms with Gasteiger partial charge in [-0.2, -0.15) is 11.3 Å². The maximum Gasteiger partial charge on any atom is 0.127 e. The van der Waals surface area contributed by atoms with Crippen LogP contribution in [0.1, 0.15) is 29.2 Å². The number of benzene rings is 1. The van der Waals surface area contributed by atoms with E-state index in [1.54, 1.807) is 11.3 Å². The minimum atomic E-state index is 0.226. The van der Waals surface area contributed by atoms with Crippen molar-refractivity contribution in [2.24, 2.45) is 0 Å². The van der Waals surface area contributed by atoms with Crippen LogP contribution < -0.4 is 10.1 Å². The number of aryl methyl sites for hydroxylation is 1. The third-order valence-corrected chi connectivity index (χ3v) is 4.14. The van der Waals surface area contributed by atoms with Crippen LogP contribution in [0.2, 0.25) is 0 Å². The molecule has 0 aliphatic carbocycles. The molecule has 2 nitrogen and oxygen atoms in total. The summed E-state index contributed by atoms with van der Waals surface area (Å²) < 4.78 is 5.90. The molecule has 2 aromatic rings. The van der Waals surface area contributed by atoms with E-state index in [0.717, 1.165) is 25.2 Å². The normalized spacial score (nSPS) is 15.8. The van der Waals surface area contributed by atoms with Crippen molar-refractivity contribution in [2.75, 3.05) is 13.7 Å². The Labute approximate surface area is 112 Å². The molecule has 1 N–H and O–H groups in total. The molecule has 18 heavy (non-hydrogen) atoms. The Hall–Kier alpha value is -1.32. The van der Waals surface area contributed by atoms with Crippen molar-refractivity contribution in [3.63, 3.8) is 0 Å². The van der Waals surface area contributed by atoms with E-state index >= 15 is 0 Å². The Morgan fingerprint density at radius 2 is 2.28 bits per heavy atom. The highest BCUT2D eigenvalue weighted by Crippen LogP contribution is 2.35. The zero-order chi connectivity index (χ0) is 12.4. The second-order valence-corrected chi connectivity index (χ2v) is 5.35. The molecule has 1 aliphatic heterocycles. The van der Waals surface area contributed by atoms with E-state index < -0.39 is 0 Å². The minimum absolute atomic E-state index is 0.226. The lowest BCUT2D eigenvalue weighted by Gasteiger charge is -2.24. The van der Waals surface area contributed by atoms with Gasteiger partial charge in [-0.15, -0.1) is 0 Å². The number of nitrogens with one attached hydrogen (secondary N) is 1. The Bertz CT molecular complexity index is 521. The van der Waals surface area contributed by atoms with Gasteiger partial charge < -0.3 is 10.1 Å². The maximum absolute atomic E-state index is 5.90. The van der Waals surface area contributed by atoms with Gasteiger partial charge in [-0.05, 0) is 47.8 Å². The molecule has 1 atom stereocenters. The molecule has 1 aromatic heterocycles. The molecule has 3 heteroatoms. The van der Waals surface area contributed by atoms with Gasteiger partial charge in [0.25, 0.3) is 0 Å². The summed E-state index contributed by atoms with van der Waals surface area (Å²) in [5.41, 5.74) is 3.91. The van der Waals surface area contributed by atoms with Crippen molar-refractivity contribution < 1.29 is 4.74 Å². The number of thiophene rings is 1. The Kier molecular flexibility index (Phi) is 3.35. The van der Waals surface area contributed by atoms with Gasteiger partial charge in [0.1, 0.15) is 5.75 Å². The van der Waals surface area contributed by atoms with Gasteiger partial charge in [-0.1, -0.05) is 18.2 Å². The number of hydrogen-bond donors (Lipinski definition) is 1. The van der Waals surface area contributed by atoms with Crippen molar-refractivity contribution in [2.45, 2.75) is 18.9 Å². The molecule has 0 saturated carbocycles. The van der Waals surface area contributed by atoms with Crippen molar-refractivity contribution in [3.8, 4) is 5.75 Å². The Morgan fingerprint density at radius 3 is 3.06 bits per heavy atom. The fraction of sp³-hybridized carbons (Fsp3) is 0.333. The molecule has 0 bridgehead atoms. The molecular formula is C15H17NOS. The molecule has 2 heterocycles. The predicted molar refractivity (Wildman–Crippen MR) is 75.5 cm³/mol. The third kappa shape index (κ3) is 2.04. The first kappa shape index (κ1) is 11.8. The number of ether oxygens (including phenoxy) is 1. The van der Waals surface area contributed by atoms with Gasteiger partial charge >= 0.3 is 0 Å². The van der Waals surface area contributed by atoms with Crippen molar-refractivity contribution in [3.05, 3.63) is 51.7 Å². The van der Waals surface area contributed by atoms with Crippen LogP contribution in [0.3, 0.4) is 0 Å². The first-order valence-electron chi connectivity index (χ1n) is 6.34. The average molecular weight is 259 g/mol. The van der Waals surface area contributed by atoms with E-state index in [2.05, 4.69) is 40.3 Å². The minimum Gasteiger partial charge on any atom is -0.493 e. The number of para-hydroxylation sites is 1. The third-order valence-electron chi connectivity index (χ3n) is 3.44. The van der Waals surface area contributed by atoms with Crippen LogP contribution in [-0.2, 0) is 6.42 Å². The van der Waals surface area contributed by atoms with Crippen LogP contribution in [0.4, 0.5) is 0 Å². The summed E-state index contributed by atoms with van der Waals surface area (Å²) in [6.45, 7) is 0.837. The zero-order valence-corrected chi connectivity index (χ0v) is 11.3. The van der Waals surface area contributed by atoms with Gasteiger partial charge in [0.15, 0.2) is 0 Å². The number of rotatable bonds is 3. The molecule has 0 saturated heterocycles. The predicted octanol–water partition coefficient (Wildman–Crippen LogP) is 3.38. The summed E-state index contributed by atoms with van der Waals surface area (Å²) in [6, 6.07) is 8.89. The summed E-state index contributed by atoms with van der Waals surface area (Å²) in [6.07, 6.45) is 2.25. The van der Waals surface area contributed by atoms with Crippen LogP contribution in [0.25, 0.3) is 0 Å². The lowest BCUT2D eigenvalue weighted by atomic mass is 9.95. The van der Waals surface area contributed by atoms with Crippen LogP contribution in [0.5, 0.6) is 5.75 Å². The zero-order valence-electron chi connectivity index (χ0n) is 10.5. The van der Waals surface area contributed by atoms with E-state index in [4.69, 9.17) is 4.74 Å². The second-order valence-electron chi connectivity index (χ2n) is 4.57. The lowest BCUT2D eigenvalue weighted by molar-refractivity contribution is 0.283. The highest BCUT2D eigenvalue weighted by Gasteiger charge is 2.21. The fourth-order valence-corrected chi connectivity index (χ4v) is 3.27. The topological polar surface area (TPSA) is 21.3 Å². The van der Waals surface area contributed by atoms with E-state index in [-0.39, 0.29) is 6.04 Å². The first-order valence-corrected chi connectivity index (χ1v) is 7.28. The van der Waals surface area contributed by atoms with E-state index in [0.29, 0.717) is 0 Å². The number of hydrogen-bond acceptors (Lipinski definition) is 3. The molecule has 0 spiro atoms. The van der Waals surface area contributed by atoms with Gasteiger partial charge in [0.2, 0.25) is 0 Å². The van der Waals surface area contributed by atoms with Gasteiger partial charge in [0, 0.05) is 5.56 Å². The molecule has 0 amide bonds. The molecule has 3 rings (SSSR count). The SMILES string of the molecule is CNC(c1ccsc1)c1cccc2c1OCCC2. The lowest BCUT2D eigenvalue weighted by Crippen LogP contribution is -2.20. The molecule has 1 unspecified atom stereocenters. The summed E-state index contributed by atoms with van der Waals surface area (Å²) in [5.74, 6) is 1.09. The van der Waals surface area contributed by atoms with Crippen molar-refractivity contribution in [1.82, 2.24) is 5.32 Å². The molecule has 94 valence electrons. The van der Waals surface area contributed by atoms with Crippen LogP contribution in [0.15, 0.2) is 35.0 Å². The maximum atomic E-state index is 5.90. The summed E-state index contributed by atoms with van der Waals surface area (Å²) >= 11 is 1.73. The average Bonchev–Trinajstić information content (AvgIpc) is 2.94. The summed E-state index contributed by atoms with van der Waals surface area (Å²) in [7, 11) is 2.00. The molecule has 0 radical (unpaired) electrons. The smallest absolute Gasteiger partial charge is 0.127 e. The van der Waals surface area contributed by atoms with Crippen molar-refractivity contribution in [1.29, 1.82) is 0 Å². The second kappa shape index (κ2) is 5.12. The summed E-state index contributed by atoms with van der Waals surface area (Å²) in [4.78, 5) is 0. The van der Waals surface area contributed by atoms with Gasteiger partial charge in [0.05, 0.1) is 12.6 Å². The fourth-order valence-electron chi connectivity index (χ4n) is 2.58. The van der Waals surface area contributed by atoms with Crippen LogP contribution >= 0.6 is 11.3 Å². The Morgan fingerprint density at radius 1 is 1.33 bits per heavy atom. The quantitative estimate of drug-likeness (QED) is 0.912. The van der Waals surface area contributed by atoms with E-state index in [1.165, 1.54) is 16.7 Å². The van der Waals surface area contributed by atoms with E-state index in [1.807, 2.05) is 7.05 Å².